The van der Waals surface area contributed by atoms with Crippen molar-refractivity contribution in [3.05, 3.63) is 83.4 Å². The molecule has 1 amide bonds. The molecular weight excluding hydrogens is 340 g/mol. The molecule has 3 aromatic rings. The van der Waals surface area contributed by atoms with Crippen LogP contribution < -0.4 is 5.73 Å². The van der Waals surface area contributed by atoms with E-state index in [1.807, 2.05) is 36.4 Å². The van der Waals surface area contributed by atoms with E-state index >= 15 is 0 Å². The molecule has 3 aromatic carbocycles. The third-order valence-electron chi connectivity index (χ3n) is 4.23. The summed E-state index contributed by atoms with van der Waals surface area (Å²) in [5, 5.41) is 8.97. The van der Waals surface area contributed by atoms with Crippen LogP contribution in [0.15, 0.2) is 66.7 Å². The van der Waals surface area contributed by atoms with E-state index in [2.05, 4.69) is 30.5 Å². The molecule has 0 saturated heterocycles. The second kappa shape index (κ2) is 7.90. The van der Waals surface area contributed by atoms with Crippen molar-refractivity contribution in [3.8, 4) is 28.3 Å². The molecule has 3 nitrogen and oxygen atoms in total. The third-order valence-corrected chi connectivity index (χ3v) is 4.83. The van der Waals surface area contributed by atoms with Gasteiger partial charge in [0, 0.05) is 11.3 Å². The second-order valence-electron chi connectivity index (χ2n) is 5.94. The van der Waals surface area contributed by atoms with Crippen LogP contribution in [0.3, 0.4) is 0 Å². The van der Waals surface area contributed by atoms with Gasteiger partial charge >= 0.3 is 0 Å². The maximum absolute atomic E-state index is 11.2. The maximum Gasteiger partial charge on any atom is 0.248 e. The number of benzene rings is 3. The Morgan fingerprint density at radius 3 is 2.15 bits per heavy atom. The quantitative estimate of drug-likeness (QED) is 0.708. The van der Waals surface area contributed by atoms with Crippen molar-refractivity contribution in [2.45, 2.75) is 5.75 Å². The number of hydrogen-bond acceptors (Lipinski definition) is 3. The molecule has 0 radical (unpaired) electrons. The van der Waals surface area contributed by atoms with Crippen LogP contribution in [0.1, 0.15) is 21.5 Å². The summed E-state index contributed by atoms with van der Waals surface area (Å²) >= 11 is 1.77. The van der Waals surface area contributed by atoms with Crippen LogP contribution in [0.25, 0.3) is 22.3 Å². The van der Waals surface area contributed by atoms with Crippen LogP contribution in [-0.2, 0) is 5.75 Å². The van der Waals surface area contributed by atoms with Gasteiger partial charge in [0.25, 0.3) is 0 Å². The summed E-state index contributed by atoms with van der Waals surface area (Å²) in [5.74, 6) is 0.471. The molecule has 0 fully saturated rings. The Morgan fingerprint density at radius 1 is 0.962 bits per heavy atom. The fourth-order valence-electron chi connectivity index (χ4n) is 2.88. The third kappa shape index (κ3) is 3.79. The minimum atomic E-state index is -0.421. The first-order valence-corrected chi connectivity index (χ1v) is 9.54. The molecule has 2 N–H and O–H groups in total. The second-order valence-corrected chi connectivity index (χ2v) is 6.80. The molecule has 0 unspecified atom stereocenters. The highest BCUT2D eigenvalue weighted by molar-refractivity contribution is 7.97. The van der Waals surface area contributed by atoms with E-state index in [0.717, 1.165) is 22.4 Å². The Balaban J connectivity index is 2.00. The molecule has 0 saturated carbocycles. The van der Waals surface area contributed by atoms with Gasteiger partial charge in [-0.2, -0.15) is 17.0 Å². The van der Waals surface area contributed by atoms with Gasteiger partial charge in [-0.25, -0.2) is 0 Å². The fraction of sp³-hybridized carbons (Fsp3) is 0.0909. The number of amides is 1. The summed E-state index contributed by atoms with van der Waals surface area (Å²) in [5.41, 5.74) is 12.1. The SMILES string of the molecule is CSCc1cc(-c2ccc(C(N)=O)cc2)ccc1-c1ccc(C#N)cc1. The number of carbonyl (C=O) groups excluding carboxylic acids is 1. The number of nitrogens with two attached hydrogens (primary N) is 1. The largest absolute Gasteiger partial charge is 0.366 e. The fourth-order valence-corrected chi connectivity index (χ4v) is 3.43. The Bertz CT molecular complexity index is 971. The minimum Gasteiger partial charge on any atom is -0.366 e. The average Bonchev–Trinajstić information content (AvgIpc) is 2.68. The number of primary amides is 1. The van der Waals surface area contributed by atoms with Crippen molar-refractivity contribution in [1.82, 2.24) is 0 Å². The summed E-state index contributed by atoms with van der Waals surface area (Å²) in [4.78, 5) is 11.2. The van der Waals surface area contributed by atoms with E-state index in [0.29, 0.717) is 11.1 Å². The minimum absolute atomic E-state index is 0.421. The molecule has 4 heteroatoms. The molecule has 0 spiro atoms. The molecule has 0 atom stereocenters. The lowest BCUT2D eigenvalue weighted by atomic mass is 9.95. The Morgan fingerprint density at radius 2 is 1.58 bits per heavy atom. The first kappa shape index (κ1) is 17.8. The number of thioether (sulfide) groups is 1. The number of hydrogen-bond donors (Lipinski definition) is 1. The van der Waals surface area contributed by atoms with Crippen LogP contribution >= 0.6 is 11.8 Å². The molecule has 3 rings (SSSR count). The number of nitriles is 1. The summed E-state index contributed by atoms with van der Waals surface area (Å²) in [6.07, 6.45) is 2.08. The topological polar surface area (TPSA) is 66.9 Å². The van der Waals surface area contributed by atoms with Crippen molar-refractivity contribution in [3.63, 3.8) is 0 Å². The van der Waals surface area contributed by atoms with E-state index in [-0.39, 0.29) is 0 Å². The normalized spacial score (nSPS) is 10.3. The van der Waals surface area contributed by atoms with E-state index < -0.39 is 5.91 Å². The van der Waals surface area contributed by atoms with E-state index in [4.69, 9.17) is 11.0 Å². The number of nitrogens with zero attached hydrogens (tertiary/aromatic N) is 1. The van der Waals surface area contributed by atoms with Crippen molar-refractivity contribution in [2.24, 2.45) is 5.73 Å². The van der Waals surface area contributed by atoms with Crippen molar-refractivity contribution in [1.29, 1.82) is 5.26 Å². The summed E-state index contributed by atoms with van der Waals surface area (Å²) in [6, 6.07) is 23.5. The van der Waals surface area contributed by atoms with E-state index in [9.17, 15) is 4.79 Å². The van der Waals surface area contributed by atoms with Crippen molar-refractivity contribution in [2.75, 3.05) is 6.26 Å². The lowest BCUT2D eigenvalue weighted by Crippen LogP contribution is -2.10. The first-order valence-electron chi connectivity index (χ1n) is 8.15. The summed E-state index contributed by atoms with van der Waals surface area (Å²) in [7, 11) is 0. The Labute approximate surface area is 157 Å². The number of rotatable bonds is 5. The van der Waals surface area contributed by atoms with E-state index in [1.54, 1.807) is 23.9 Å². The zero-order valence-corrected chi connectivity index (χ0v) is 15.2. The predicted octanol–water partition coefficient (Wildman–Crippen LogP) is 4.85. The highest BCUT2D eigenvalue weighted by Crippen LogP contribution is 2.31. The summed E-state index contributed by atoms with van der Waals surface area (Å²) < 4.78 is 0. The van der Waals surface area contributed by atoms with Gasteiger partial charge in [-0.3, -0.25) is 4.79 Å². The van der Waals surface area contributed by atoms with Gasteiger partial charge in [-0.05, 0) is 64.4 Å². The van der Waals surface area contributed by atoms with Crippen LogP contribution in [0.2, 0.25) is 0 Å². The Hall–Kier alpha value is -3.03. The molecule has 0 aliphatic heterocycles. The molecular formula is C22H18N2OS. The van der Waals surface area contributed by atoms with Crippen LogP contribution in [0.5, 0.6) is 0 Å². The van der Waals surface area contributed by atoms with Crippen LogP contribution in [-0.4, -0.2) is 12.2 Å². The molecule has 26 heavy (non-hydrogen) atoms. The van der Waals surface area contributed by atoms with Crippen LogP contribution in [0, 0.1) is 11.3 Å². The van der Waals surface area contributed by atoms with Gasteiger partial charge in [0.05, 0.1) is 11.6 Å². The molecule has 0 bridgehead atoms. The molecule has 0 aromatic heterocycles. The zero-order valence-electron chi connectivity index (χ0n) is 14.4. The predicted molar refractivity (Wildman–Crippen MR) is 108 cm³/mol. The van der Waals surface area contributed by atoms with Gasteiger partial charge in [-0.1, -0.05) is 36.4 Å². The smallest absolute Gasteiger partial charge is 0.248 e. The van der Waals surface area contributed by atoms with Gasteiger partial charge in [0.15, 0.2) is 0 Å². The first-order chi connectivity index (χ1) is 12.6. The van der Waals surface area contributed by atoms with Crippen LogP contribution in [0.4, 0.5) is 0 Å². The number of carbonyl (C=O) groups is 1. The van der Waals surface area contributed by atoms with Gasteiger partial charge in [0.1, 0.15) is 0 Å². The molecule has 128 valence electrons. The lowest BCUT2D eigenvalue weighted by Gasteiger charge is -2.12. The monoisotopic (exact) mass is 358 g/mol. The maximum atomic E-state index is 11.2. The standard InChI is InChI=1S/C22H18N2OS/c1-26-14-20-12-19(16-6-8-18(9-7-16)22(24)25)10-11-21(20)17-4-2-15(13-23)3-5-17/h2-12H,14H2,1H3,(H2,24,25). The molecule has 0 aliphatic rings. The van der Waals surface area contributed by atoms with Gasteiger partial charge in [-0.15, -0.1) is 0 Å². The lowest BCUT2D eigenvalue weighted by molar-refractivity contribution is 0.100. The molecule has 0 aliphatic carbocycles. The highest BCUT2D eigenvalue weighted by atomic mass is 32.2. The van der Waals surface area contributed by atoms with Crippen molar-refractivity contribution < 1.29 is 4.79 Å². The average molecular weight is 358 g/mol. The summed E-state index contributed by atoms with van der Waals surface area (Å²) in [6.45, 7) is 0. The van der Waals surface area contributed by atoms with Gasteiger partial charge < -0.3 is 5.73 Å². The van der Waals surface area contributed by atoms with Crippen molar-refractivity contribution >= 4 is 17.7 Å². The van der Waals surface area contributed by atoms with E-state index in [1.165, 1.54) is 11.1 Å². The zero-order chi connectivity index (χ0) is 18.5. The molecule has 0 heterocycles. The highest BCUT2D eigenvalue weighted by Gasteiger charge is 2.09. The van der Waals surface area contributed by atoms with Gasteiger partial charge in [0.2, 0.25) is 5.91 Å². The Kier molecular flexibility index (Phi) is 5.40.